The Morgan fingerprint density at radius 1 is 1.00 bits per heavy atom. The van der Waals surface area contributed by atoms with Gasteiger partial charge in [0.25, 0.3) is 5.56 Å². The lowest BCUT2D eigenvalue weighted by Gasteiger charge is -2.36. The smallest absolute Gasteiger partial charge is 0.330 e. The molecule has 0 radical (unpaired) electrons. The predicted molar refractivity (Wildman–Crippen MR) is 129 cm³/mol. The van der Waals surface area contributed by atoms with Crippen molar-refractivity contribution in [3.8, 4) is 0 Å². The van der Waals surface area contributed by atoms with Gasteiger partial charge in [-0.2, -0.15) is 4.31 Å². The lowest BCUT2D eigenvalue weighted by molar-refractivity contribution is -0.131. The van der Waals surface area contributed by atoms with Crippen LogP contribution in [0.25, 0.3) is 10.9 Å². The Labute approximate surface area is 201 Å². The van der Waals surface area contributed by atoms with Crippen molar-refractivity contribution in [3.05, 3.63) is 69.1 Å². The number of carbonyl (C=O) groups is 1. The normalized spacial score (nSPS) is 14.7. The summed E-state index contributed by atoms with van der Waals surface area (Å²) in [4.78, 5) is 40.7. The number of sulfonamides is 1. The van der Waals surface area contributed by atoms with E-state index in [1.165, 1.54) is 50.0 Å². The Balaban J connectivity index is 1.49. The highest BCUT2D eigenvalue weighted by molar-refractivity contribution is 7.89. The summed E-state index contributed by atoms with van der Waals surface area (Å²) in [5.41, 5.74) is -0.342. The molecule has 1 aliphatic heterocycles. The number of halogens is 1. The molecule has 35 heavy (non-hydrogen) atoms. The minimum absolute atomic E-state index is 0.0830. The quantitative estimate of drug-likeness (QED) is 0.498. The first-order valence-electron chi connectivity index (χ1n) is 11.0. The first kappa shape index (κ1) is 24.6. The summed E-state index contributed by atoms with van der Waals surface area (Å²) < 4.78 is 43.4. The molecule has 0 unspecified atom stereocenters. The fourth-order valence-electron chi connectivity index (χ4n) is 4.20. The topological polar surface area (TPSA) is 105 Å². The molecule has 10 nitrogen and oxygen atoms in total. The number of piperazine rings is 1. The number of aryl methyl sites for hydroxylation is 1. The fourth-order valence-corrected chi connectivity index (χ4v) is 5.34. The van der Waals surface area contributed by atoms with Crippen LogP contribution in [-0.2, 0) is 28.9 Å². The third-order valence-electron chi connectivity index (χ3n) is 6.33. The third kappa shape index (κ3) is 4.46. The number of amides is 1. The second kappa shape index (κ2) is 9.27. The highest BCUT2D eigenvalue weighted by atomic mass is 32.2. The zero-order valence-corrected chi connectivity index (χ0v) is 20.5. The van der Waals surface area contributed by atoms with Gasteiger partial charge in [-0.3, -0.25) is 18.7 Å². The molecule has 12 heteroatoms. The summed E-state index contributed by atoms with van der Waals surface area (Å²) in [6, 6.07) is 10.4. The molecule has 0 saturated carbocycles. The third-order valence-corrected chi connectivity index (χ3v) is 8.13. The Kier molecular flexibility index (Phi) is 6.52. The summed E-state index contributed by atoms with van der Waals surface area (Å²) in [7, 11) is 0.0281. The molecule has 2 heterocycles. The molecular formula is C23H26FN5O5S. The van der Waals surface area contributed by atoms with Crippen molar-refractivity contribution in [1.29, 1.82) is 0 Å². The molecule has 0 spiro atoms. The van der Waals surface area contributed by atoms with Gasteiger partial charge in [-0.05, 0) is 30.3 Å². The second-order valence-electron chi connectivity index (χ2n) is 8.47. The molecule has 1 fully saturated rings. The van der Waals surface area contributed by atoms with E-state index < -0.39 is 21.3 Å². The van der Waals surface area contributed by atoms with E-state index in [1.807, 2.05) is 4.90 Å². The predicted octanol–water partition coefficient (Wildman–Crippen LogP) is 0.346. The van der Waals surface area contributed by atoms with Crippen LogP contribution < -0.4 is 16.1 Å². The second-order valence-corrected chi connectivity index (χ2v) is 10.5. The van der Waals surface area contributed by atoms with Crippen molar-refractivity contribution < 1.29 is 17.6 Å². The molecule has 1 aliphatic rings. The minimum atomic E-state index is -4.09. The molecule has 186 valence electrons. The lowest BCUT2D eigenvalue weighted by atomic mass is 10.2. The first-order chi connectivity index (χ1) is 16.5. The number of hydrogen-bond donors (Lipinski definition) is 0. The maximum Gasteiger partial charge on any atom is 0.330 e. The number of para-hydroxylation sites is 1. The van der Waals surface area contributed by atoms with Crippen LogP contribution in [0.1, 0.15) is 0 Å². The van der Waals surface area contributed by atoms with Crippen LogP contribution in [0.5, 0.6) is 0 Å². The Hall–Kier alpha value is -3.51. The molecule has 0 N–H and O–H groups in total. The van der Waals surface area contributed by atoms with Crippen LogP contribution in [0, 0.1) is 5.82 Å². The summed E-state index contributed by atoms with van der Waals surface area (Å²) in [5.74, 6) is -0.702. The van der Waals surface area contributed by atoms with Crippen LogP contribution in [-0.4, -0.2) is 72.4 Å². The molecule has 2 aromatic carbocycles. The molecule has 0 bridgehead atoms. The molecular weight excluding hydrogens is 477 g/mol. The van der Waals surface area contributed by atoms with Crippen LogP contribution in [0.4, 0.5) is 10.1 Å². The van der Waals surface area contributed by atoms with E-state index in [1.54, 1.807) is 23.1 Å². The molecule has 1 aromatic heterocycles. The van der Waals surface area contributed by atoms with Crippen molar-refractivity contribution >= 4 is 32.5 Å². The van der Waals surface area contributed by atoms with Crippen LogP contribution in [0.2, 0.25) is 0 Å². The number of anilines is 1. The van der Waals surface area contributed by atoms with Crippen LogP contribution in [0.15, 0.2) is 56.9 Å². The van der Waals surface area contributed by atoms with Gasteiger partial charge in [-0.15, -0.1) is 0 Å². The van der Waals surface area contributed by atoms with Gasteiger partial charge in [0.2, 0.25) is 15.9 Å². The highest BCUT2D eigenvalue weighted by Crippen LogP contribution is 2.21. The van der Waals surface area contributed by atoms with E-state index in [4.69, 9.17) is 0 Å². The lowest BCUT2D eigenvalue weighted by Crippen LogP contribution is -2.51. The van der Waals surface area contributed by atoms with Crippen LogP contribution in [0.3, 0.4) is 0 Å². The van der Waals surface area contributed by atoms with Gasteiger partial charge >= 0.3 is 5.69 Å². The maximum atomic E-state index is 14.0. The minimum Gasteiger partial charge on any atom is -0.366 e. The standard InChI is InChI=1S/C23H26FN5O5S/c1-25(15-21(30)29-12-10-28(11-13-29)20-7-5-4-6-18(20)24)35(33,34)16-8-9-19-17(14-16)22(31)27(3)23(32)26(19)2/h4-9,14H,10-13,15H2,1-3H3. The fraction of sp³-hybridized carbons (Fsp3) is 0.348. The SMILES string of the molecule is CN(CC(=O)N1CCN(c2ccccc2F)CC1)S(=O)(=O)c1ccc2c(c1)c(=O)n(C)c(=O)n2C. The number of carbonyl (C=O) groups excluding carboxylic acids is 1. The maximum absolute atomic E-state index is 14.0. The van der Waals surface area contributed by atoms with Gasteiger partial charge in [0.05, 0.1) is 28.0 Å². The number of rotatable bonds is 5. The van der Waals surface area contributed by atoms with Gasteiger partial charge in [0.1, 0.15) is 5.82 Å². The van der Waals surface area contributed by atoms with E-state index in [-0.39, 0.29) is 28.6 Å². The van der Waals surface area contributed by atoms with Gasteiger partial charge in [0, 0.05) is 47.3 Å². The first-order valence-corrected chi connectivity index (χ1v) is 12.4. The van der Waals surface area contributed by atoms with Crippen molar-refractivity contribution in [3.63, 3.8) is 0 Å². The molecule has 1 amide bonds. The molecule has 0 atom stereocenters. The number of benzene rings is 2. The highest BCUT2D eigenvalue weighted by Gasteiger charge is 2.28. The number of nitrogens with zero attached hydrogens (tertiary/aromatic N) is 5. The Morgan fingerprint density at radius 3 is 2.31 bits per heavy atom. The van der Waals surface area contributed by atoms with Gasteiger partial charge < -0.3 is 9.80 Å². The van der Waals surface area contributed by atoms with Crippen molar-refractivity contribution in [2.24, 2.45) is 14.1 Å². The summed E-state index contributed by atoms with van der Waals surface area (Å²) >= 11 is 0. The van der Waals surface area contributed by atoms with Gasteiger partial charge in [0.15, 0.2) is 0 Å². The largest absolute Gasteiger partial charge is 0.366 e. The summed E-state index contributed by atoms with van der Waals surface area (Å²) in [6.07, 6.45) is 0. The van der Waals surface area contributed by atoms with E-state index in [2.05, 4.69) is 0 Å². The van der Waals surface area contributed by atoms with Crippen LogP contribution >= 0.6 is 0 Å². The monoisotopic (exact) mass is 503 g/mol. The van der Waals surface area contributed by atoms with Crippen molar-refractivity contribution in [1.82, 2.24) is 18.3 Å². The van der Waals surface area contributed by atoms with Gasteiger partial charge in [-0.1, -0.05) is 12.1 Å². The van der Waals surface area contributed by atoms with E-state index in [9.17, 15) is 27.2 Å². The van der Waals surface area contributed by atoms with Crippen molar-refractivity contribution in [2.45, 2.75) is 4.90 Å². The zero-order chi connectivity index (χ0) is 25.5. The zero-order valence-electron chi connectivity index (χ0n) is 19.6. The number of aromatic nitrogens is 2. The summed E-state index contributed by atoms with van der Waals surface area (Å²) in [6.45, 7) is 1.14. The van der Waals surface area contributed by atoms with Crippen molar-refractivity contribution in [2.75, 3.05) is 44.7 Å². The number of likely N-dealkylation sites (N-methyl/N-ethyl adjacent to an activating group) is 1. The average molecular weight is 504 g/mol. The van der Waals surface area contributed by atoms with E-state index in [0.717, 1.165) is 8.87 Å². The molecule has 1 saturated heterocycles. The average Bonchev–Trinajstić information content (AvgIpc) is 2.86. The number of hydrogen-bond acceptors (Lipinski definition) is 6. The van der Waals surface area contributed by atoms with Gasteiger partial charge in [-0.25, -0.2) is 17.6 Å². The molecule has 4 rings (SSSR count). The van der Waals surface area contributed by atoms with E-state index >= 15 is 0 Å². The Morgan fingerprint density at radius 2 is 1.66 bits per heavy atom. The summed E-state index contributed by atoms with van der Waals surface area (Å²) in [5, 5.41) is 0.0830. The molecule has 3 aromatic rings. The Bertz CT molecular complexity index is 1520. The molecule has 0 aliphatic carbocycles. The van der Waals surface area contributed by atoms with E-state index in [0.29, 0.717) is 37.4 Å². The number of fused-ring (bicyclic) bond motifs is 1.